The number of rotatable bonds is 3. The minimum Gasteiger partial charge on any atom is -0.449 e. The number of para-hydroxylation sites is 1. The number of hydrogen-bond acceptors (Lipinski definition) is 3. The van der Waals surface area contributed by atoms with Gasteiger partial charge in [-0.15, -0.1) is 0 Å². The molecular weight excluding hydrogens is 224 g/mol. The Hall–Kier alpha value is -1.92. The molecule has 0 bridgehead atoms. The van der Waals surface area contributed by atoms with Crippen molar-refractivity contribution in [3.05, 3.63) is 52.9 Å². The Morgan fingerprint density at radius 2 is 2.06 bits per heavy atom. The maximum absolute atomic E-state index is 8.60. The molecule has 1 aromatic carbocycles. The molecule has 16 heavy (non-hydrogen) atoms. The molecule has 3 nitrogen and oxygen atoms in total. The number of benzene rings is 1. The summed E-state index contributed by atoms with van der Waals surface area (Å²) in [5.41, 5.74) is 0.846. The number of anilines is 1. The quantitative estimate of drug-likeness (QED) is 0.882. The standard InChI is InChI=1S/C12H9ClN2O/c13-11-3-1-2-4-12(11)15-8-10-6-5-9(7-14)16-10/h1-6,15H,8H2. The van der Waals surface area contributed by atoms with E-state index >= 15 is 0 Å². The monoisotopic (exact) mass is 232 g/mol. The summed E-state index contributed by atoms with van der Waals surface area (Å²) in [5.74, 6) is 1.02. The number of nitriles is 1. The van der Waals surface area contributed by atoms with Gasteiger partial charge in [-0.2, -0.15) is 5.26 Å². The fraction of sp³-hybridized carbons (Fsp3) is 0.0833. The fourth-order valence-corrected chi connectivity index (χ4v) is 1.52. The molecule has 0 atom stereocenters. The third kappa shape index (κ3) is 2.36. The van der Waals surface area contributed by atoms with E-state index < -0.39 is 0 Å². The van der Waals surface area contributed by atoms with Gasteiger partial charge in [0, 0.05) is 0 Å². The highest BCUT2D eigenvalue weighted by Crippen LogP contribution is 2.21. The van der Waals surface area contributed by atoms with Crippen molar-refractivity contribution in [1.29, 1.82) is 5.26 Å². The van der Waals surface area contributed by atoms with Crippen LogP contribution in [0.5, 0.6) is 0 Å². The molecule has 0 fully saturated rings. The van der Waals surface area contributed by atoms with Crippen molar-refractivity contribution in [3.63, 3.8) is 0 Å². The minimum atomic E-state index is 0.316. The first kappa shape index (κ1) is 10.6. The molecule has 0 saturated carbocycles. The summed E-state index contributed by atoms with van der Waals surface area (Å²) in [4.78, 5) is 0. The largest absolute Gasteiger partial charge is 0.449 e. The lowest BCUT2D eigenvalue weighted by atomic mass is 10.3. The first-order valence-corrected chi connectivity index (χ1v) is 5.14. The normalized spacial score (nSPS) is 9.75. The van der Waals surface area contributed by atoms with Crippen molar-refractivity contribution >= 4 is 17.3 Å². The van der Waals surface area contributed by atoms with Crippen LogP contribution in [0.15, 0.2) is 40.8 Å². The van der Waals surface area contributed by atoms with Crippen LogP contribution in [0.3, 0.4) is 0 Å². The van der Waals surface area contributed by atoms with Gasteiger partial charge in [0.25, 0.3) is 0 Å². The second-order valence-corrected chi connectivity index (χ2v) is 3.62. The van der Waals surface area contributed by atoms with Crippen LogP contribution >= 0.6 is 11.6 Å². The first-order valence-electron chi connectivity index (χ1n) is 4.77. The van der Waals surface area contributed by atoms with Gasteiger partial charge < -0.3 is 9.73 Å². The van der Waals surface area contributed by atoms with E-state index in [2.05, 4.69) is 5.32 Å². The summed E-state index contributed by atoms with van der Waals surface area (Å²) >= 11 is 5.98. The van der Waals surface area contributed by atoms with Gasteiger partial charge >= 0.3 is 0 Å². The molecule has 0 saturated heterocycles. The van der Waals surface area contributed by atoms with Gasteiger partial charge in [-0.1, -0.05) is 23.7 Å². The third-order valence-corrected chi connectivity index (χ3v) is 2.43. The van der Waals surface area contributed by atoms with Gasteiger partial charge in [-0.3, -0.25) is 0 Å². The summed E-state index contributed by atoms with van der Waals surface area (Å²) in [6.07, 6.45) is 0. The summed E-state index contributed by atoms with van der Waals surface area (Å²) in [6, 6.07) is 12.8. The second kappa shape index (κ2) is 4.73. The van der Waals surface area contributed by atoms with Crippen LogP contribution in [-0.2, 0) is 6.54 Å². The molecule has 0 amide bonds. The lowest BCUT2D eigenvalue weighted by Crippen LogP contribution is -1.98. The van der Waals surface area contributed by atoms with Crippen LogP contribution in [0, 0.1) is 11.3 Å². The number of furan rings is 1. The second-order valence-electron chi connectivity index (χ2n) is 3.21. The lowest BCUT2D eigenvalue weighted by molar-refractivity contribution is 0.506. The van der Waals surface area contributed by atoms with E-state index in [-0.39, 0.29) is 0 Å². The number of nitrogens with zero attached hydrogens (tertiary/aromatic N) is 1. The maximum atomic E-state index is 8.60. The first-order chi connectivity index (χ1) is 7.79. The zero-order valence-corrected chi connectivity index (χ0v) is 9.16. The van der Waals surface area contributed by atoms with Crippen LogP contribution < -0.4 is 5.32 Å². The van der Waals surface area contributed by atoms with Crippen molar-refractivity contribution in [3.8, 4) is 6.07 Å². The average molecular weight is 233 g/mol. The summed E-state index contributed by atoms with van der Waals surface area (Å²) in [5, 5.41) is 12.4. The molecule has 0 aliphatic rings. The Bertz CT molecular complexity index is 528. The van der Waals surface area contributed by atoms with E-state index in [9.17, 15) is 0 Å². The SMILES string of the molecule is N#Cc1ccc(CNc2ccccc2Cl)o1. The van der Waals surface area contributed by atoms with E-state index in [0.717, 1.165) is 5.69 Å². The molecule has 1 heterocycles. The molecule has 80 valence electrons. The summed E-state index contributed by atoms with van der Waals surface area (Å²) in [6.45, 7) is 0.505. The predicted molar refractivity (Wildman–Crippen MR) is 62.2 cm³/mol. The van der Waals surface area contributed by atoms with E-state index in [1.807, 2.05) is 30.3 Å². The smallest absolute Gasteiger partial charge is 0.203 e. The summed E-state index contributed by atoms with van der Waals surface area (Å²) < 4.78 is 5.23. The van der Waals surface area contributed by atoms with Gasteiger partial charge in [0.2, 0.25) is 5.76 Å². The zero-order chi connectivity index (χ0) is 11.4. The van der Waals surface area contributed by atoms with Crippen LogP contribution in [-0.4, -0.2) is 0 Å². The Balaban J connectivity index is 2.03. The Morgan fingerprint density at radius 1 is 1.25 bits per heavy atom. The molecule has 0 spiro atoms. The highest BCUT2D eigenvalue weighted by molar-refractivity contribution is 6.33. The van der Waals surface area contributed by atoms with Crippen LogP contribution in [0.2, 0.25) is 5.02 Å². The number of nitrogens with one attached hydrogen (secondary N) is 1. The molecule has 1 aromatic heterocycles. The van der Waals surface area contributed by atoms with Gasteiger partial charge in [-0.05, 0) is 24.3 Å². The van der Waals surface area contributed by atoms with Crippen LogP contribution in [0.1, 0.15) is 11.5 Å². The Kier molecular flexibility index (Phi) is 3.13. The van der Waals surface area contributed by atoms with E-state index in [0.29, 0.717) is 23.1 Å². The molecule has 0 radical (unpaired) electrons. The van der Waals surface area contributed by atoms with Gasteiger partial charge in [-0.25, -0.2) is 0 Å². The fourth-order valence-electron chi connectivity index (χ4n) is 1.32. The van der Waals surface area contributed by atoms with E-state index in [1.54, 1.807) is 12.1 Å². The molecule has 2 rings (SSSR count). The van der Waals surface area contributed by atoms with Crippen molar-refractivity contribution < 1.29 is 4.42 Å². The van der Waals surface area contributed by atoms with Crippen LogP contribution in [0.25, 0.3) is 0 Å². The van der Waals surface area contributed by atoms with E-state index in [4.69, 9.17) is 21.3 Å². The topological polar surface area (TPSA) is 49.0 Å². The molecule has 1 N–H and O–H groups in total. The Labute approximate surface area is 98.3 Å². The molecule has 2 aromatic rings. The van der Waals surface area contributed by atoms with Crippen molar-refractivity contribution in [1.82, 2.24) is 0 Å². The van der Waals surface area contributed by atoms with Gasteiger partial charge in [0.15, 0.2) is 0 Å². The predicted octanol–water partition coefficient (Wildman–Crippen LogP) is 3.42. The minimum absolute atomic E-state index is 0.316. The van der Waals surface area contributed by atoms with Crippen molar-refractivity contribution in [2.75, 3.05) is 5.32 Å². The van der Waals surface area contributed by atoms with Gasteiger partial charge in [0.1, 0.15) is 11.8 Å². The molecule has 0 aliphatic heterocycles. The molecule has 0 aliphatic carbocycles. The number of hydrogen-bond donors (Lipinski definition) is 1. The lowest BCUT2D eigenvalue weighted by Gasteiger charge is -2.05. The maximum Gasteiger partial charge on any atom is 0.203 e. The van der Waals surface area contributed by atoms with E-state index in [1.165, 1.54) is 0 Å². The third-order valence-electron chi connectivity index (χ3n) is 2.10. The van der Waals surface area contributed by atoms with Crippen molar-refractivity contribution in [2.45, 2.75) is 6.54 Å². The van der Waals surface area contributed by atoms with Crippen LogP contribution in [0.4, 0.5) is 5.69 Å². The molecule has 0 unspecified atom stereocenters. The Morgan fingerprint density at radius 3 is 2.75 bits per heavy atom. The number of halogens is 1. The summed E-state index contributed by atoms with van der Waals surface area (Å²) in [7, 11) is 0. The highest BCUT2D eigenvalue weighted by Gasteiger charge is 2.02. The zero-order valence-electron chi connectivity index (χ0n) is 8.40. The molecule has 4 heteroatoms. The average Bonchev–Trinajstić information content (AvgIpc) is 2.76. The van der Waals surface area contributed by atoms with Gasteiger partial charge in [0.05, 0.1) is 17.3 Å². The highest BCUT2D eigenvalue weighted by atomic mass is 35.5. The van der Waals surface area contributed by atoms with Crippen molar-refractivity contribution in [2.24, 2.45) is 0 Å². The molecular formula is C12H9ClN2O.